The van der Waals surface area contributed by atoms with E-state index < -0.39 is 18.2 Å². The predicted molar refractivity (Wildman–Crippen MR) is 86.6 cm³/mol. The number of methoxy groups -OCH3 is 1. The Balaban J connectivity index is 3.80. The smallest absolute Gasteiger partial charge is 0.308 e. The van der Waals surface area contributed by atoms with Crippen molar-refractivity contribution in [2.75, 3.05) is 7.11 Å². The zero-order valence-corrected chi connectivity index (χ0v) is 13.2. The lowest BCUT2D eigenvalue weighted by molar-refractivity contribution is -0.142. The summed E-state index contributed by atoms with van der Waals surface area (Å²) >= 11 is 0. The van der Waals surface area contributed by atoms with Crippen molar-refractivity contribution in [2.45, 2.75) is 51.2 Å². The van der Waals surface area contributed by atoms with Crippen molar-refractivity contribution in [3.8, 4) is 23.7 Å². The third-order valence-corrected chi connectivity index (χ3v) is 2.78. The summed E-state index contributed by atoms with van der Waals surface area (Å²) in [5.41, 5.74) is 0. The van der Waals surface area contributed by atoms with Crippen molar-refractivity contribution in [2.24, 2.45) is 0 Å². The van der Waals surface area contributed by atoms with Crippen LogP contribution in [0.25, 0.3) is 0 Å². The van der Waals surface area contributed by atoms with E-state index in [0.29, 0.717) is 12.8 Å². The molecule has 0 bridgehead atoms. The van der Waals surface area contributed by atoms with Gasteiger partial charge in [0.15, 0.2) is 0 Å². The van der Waals surface area contributed by atoms with E-state index in [1.54, 1.807) is 18.2 Å². The second-order valence-corrected chi connectivity index (χ2v) is 4.68. The number of allylic oxidation sites excluding steroid dienone is 3. The van der Waals surface area contributed by atoms with Gasteiger partial charge in [-0.25, -0.2) is 0 Å². The third kappa shape index (κ3) is 13.0. The Morgan fingerprint density at radius 3 is 2.41 bits per heavy atom. The summed E-state index contributed by atoms with van der Waals surface area (Å²) < 4.78 is 4.48. The molecule has 2 N–H and O–H groups in total. The standard InChI is InChI=1S/C18H24O4/c1-3-4-5-6-7-8-9-12-16(19)13-10-11-14-17(20)15-18(21)22-2/h3-4,9,12,16-17,19-20H,10-11,13-15H2,1-2H3. The third-order valence-electron chi connectivity index (χ3n) is 2.78. The molecule has 0 aromatic heterocycles. The number of ether oxygens (including phenoxy) is 1. The Hall–Kier alpha value is -2.01. The van der Waals surface area contributed by atoms with Crippen LogP contribution >= 0.6 is 0 Å². The molecule has 0 aromatic rings. The van der Waals surface area contributed by atoms with Crippen molar-refractivity contribution in [1.29, 1.82) is 0 Å². The van der Waals surface area contributed by atoms with Gasteiger partial charge in [0, 0.05) is 0 Å². The highest BCUT2D eigenvalue weighted by molar-refractivity contribution is 5.69. The molecule has 4 nitrogen and oxygen atoms in total. The topological polar surface area (TPSA) is 66.8 Å². The molecule has 0 saturated carbocycles. The molecule has 0 rings (SSSR count). The van der Waals surface area contributed by atoms with E-state index in [1.165, 1.54) is 7.11 Å². The zero-order chi connectivity index (χ0) is 16.6. The fourth-order valence-corrected chi connectivity index (χ4v) is 1.61. The molecule has 0 heterocycles. The second-order valence-electron chi connectivity index (χ2n) is 4.68. The molecule has 0 aliphatic heterocycles. The van der Waals surface area contributed by atoms with Crippen LogP contribution in [0.4, 0.5) is 0 Å². The average Bonchev–Trinajstić information content (AvgIpc) is 2.50. The minimum atomic E-state index is -0.679. The molecule has 0 fully saturated rings. The summed E-state index contributed by atoms with van der Waals surface area (Å²) in [6.45, 7) is 1.88. The maximum Gasteiger partial charge on any atom is 0.308 e. The van der Waals surface area contributed by atoms with E-state index in [2.05, 4.69) is 28.4 Å². The number of hydrogen-bond donors (Lipinski definition) is 2. The molecule has 0 aromatic carbocycles. The van der Waals surface area contributed by atoms with E-state index in [0.717, 1.165) is 12.8 Å². The van der Waals surface area contributed by atoms with Crippen LogP contribution in [-0.2, 0) is 9.53 Å². The number of esters is 1. The molecular formula is C18H24O4. The Morgan fingerprint density at radius 1 is 1.14 bits per heavy atom. The van der Waals surface area contributed by atoms with Crippen molar-refractivity contribution < 1.29 is 19.7 Å². The first kappa shape index (κ1) is 20.0. The number of carbonyl (C=O) groups excluding carboxylic acids is 1. The van der Waals surface area contributed by atoms with Gasteiger partial charge in [-0.05, 0) is 49.8 Å². The van der Waals surface area contributed by atoms with Gasteiger partial charge in [0.05, 0.1) is 25.7 Å². The van der Waals surface area contributed by atoms with Crippen LogP contribution < -0.4 is 0 Å². The number of rotatable bonds is 8. The molecule has 120 valence electrons. The maximum atomic E-state index is 10.9. The average molecular weight is 304 g/mol. The van der Waals surface area contributed by atoms with Crippen LogP contribution in [0, 0.1) is 23.7 Å². The Morgan fingerprint density at radius 2 is 1.77 bits per heavy atom. The molecule has 2 unspecified atom stereocenters. The van der Waals surface area contributed by atoms with Crippen LogP contribution in [0.15, 0.2) is 24.3 Å². The normalized spacial score (nSPS) is 13.1. The van der Waals surface area contributed by atoms with Gasteiger partial charge in [0.2, 0.25) is 0 Å². The van der Waals surface area contributed by atoms with Gasteiger partial charge in [-0.1, -0.05) is 30.8 Å². The second kappa shape index (κ2) is 13.9. The first-order valence-corrected chi connectivity index (χ1v) is 7.32. The Labute approximate surface area is 132 Å². The summed E-state index contributed by atoms with van der Waals surface area (Å²) in [5, 5.41) is 19.3. The van der Waals surface area contributed by atoms with Crippen molar-refractivity contribution in [3.63, 3.8) is 0 Å². The van der Waals surface area contributed by atoms with E-state index in [9.17, 15) is 15.0 Å². The van der Waals surface area contributed by atoms with Crippen molar-refractivity contribution in [3.05, 3.63) is 24.3 Å². The lowest BCUT2D eigenvalue weighted by Gasteiger charge is -2.09. The van der Waals surface area contributed by atoms with Crippen molar-refractivity contribution >= 4 is 5.97 Å². The largest absolute Gasteiger partial charge is 0.469 e. The molecule has 2 atom stereocenters. The highest BCUT2D eigenvalue weighted by atomic mass is 16.5. The molecule has 0 saturated heterocycles. The van der Waals surface area contributed by atoms with Gasteiger partial charge in [-0.15, -0.1) is 0 Å². The molecule has 4 heteroatoms. The number of aliphatic hydroxyl groups excluding tert-OH is 2. The fourth-order valence-electron chi connectivity index (χ4n) is 1.61. The summed E-state index contributed by atoms with van der Waals surface area (Å²) in [5.74, 6) is 10.3. The zero-order valence-electron chi connectivity index (χ0n) is 13.2. The highest BCUT2D eigenvalue weighted by Crippen LogP contribution is 2.09. The summed E-state index contributed by atoms with van der Waals surface area (Å²) in [6.07, 6.45) is 8.13. The first-order valence-electron chi connectivity index (χ1n) is 7.32. The Kier molecular flexibility index (Phi) is 12.7. The number of unbranched alkanes of at least 4 members (excludes halogenated alkanes) is 1. The van der Waals surface area contributed by atoms with Gasteiger partial charge in [0.1, 0.15) is 0 Å². The van der Waals surface area contributed by atoms with Crippen LogP contribution in [0.5, 0.6) is 0 Å². The van der Waals surface area contributed by atoms with Gasteiger partial charge in [-0.2, -0.15) is 0 Å². The summed E-state index contributed by atoms with van der Waals surface area (Å²) in [4.78, 5) is 10.9. The van der Waals surface area contributed by atoms with Gasteiger partial charge in [0.25, 0.3) is 0 Å². The quantitative estimate of drug-likeness (QED) is 0.409. The highest BCUT2D eigenvalue weighted by Gasteiger charge is 2.10. The van der Waals surface area contributed by atoms with Gasteiger partial charge in [-0.3, -0.25) is 4.79 Å². The summed E-state index contributed by atoms with van der Waals surface area (Å²) in [6, 6.07) is 0. The van der Waals surface area contributed by atoms with E-state index in [4.69, 9.17) is 0 Å². The van der Waals surface area contributed by atoms with E-state index in [-0.39, 0.29) is 6.42 Å². The Bertz CT molecular complexity index is 483. The number of aliphatic hydroxyl groups is 2. The molecule has 22 heavy (non-hydrogen) atoms. The van der Waals surface area contributed by atoms with Crippen LogP contribution in [-0.4, -0.2) is 35.5 Å². The lowest BCUT2D eigenvalue weighted by atomic mass is 10.1. The van der Waals surface area contributed by atoms with Crippen LogP contribution in [0.3, 0.4) is 0 Å². The van der Waals surface area contributed by atoms with E-state index in [1.807, 2.05) is 13.0 Å². The molecule has 0 spiro atoms. The minimum absolute atomic E-state index is 0.0167. The molecular weight excluding hydrogens is 280 g/mol. The lowest BCUT2D eigenvalue weighted by Crippen LogP contribution is -2.14. The van der Waals surface area contributed by atoms with Crippen LogP contribution in [0.1, 0.15) is 39.0 Å². The summed E-state index contributed by atoms with van der Waals surface area (Å²) in [7, 11) is 1.30. The molecule has 0 aliphatic rings. The minimum Gasteiger partial charge on any atom is -0.469 e. The fraction of sp³-hybridized carbons (Fsp3) is 0.500. The number of hydrogen-bond acceptors (Lipinski definition) is 4. The molecule has 0 amide bonds. The van der Waals surface area contributed by atoms with Gasteiger partial charge >= 0.3 is 5.97 Å². The monoisotopic (exact) mass is 304 g/mol. The predicted octanol–water partition coefficient (Wildman–Crippen LogP) is 1.97. The van der Waals surface area contributed by atoms with Crippen molar-refractivity contribution in [1.82, 2.24) is 0 Å². The first-order chi connectivity index (χ1) is 10.6. The maximum absolute atomic E-state index is 10.9. The molecule has 0 aliphatic carbocycles. The number of carbonyl (C=O) groups is 1. The van der Waals surface area contributed by atoms with Crippen LogP contribution in [0.2, 0.25) is 0 Å². The van der Waals surface area contributed by atoms with Gasteiger partial charge < -0.3 is 14.9 Å². The molecule has 0 radical (unpaired) electrons. The SMILES string of the molecule is CC=CC#CC#CC=CC(O)CCCCC(O)CC(=O)OC. The van der Waals surface area contributed by atoms with E-state index >= 15 is 0 Å².